The first-order valence-corrected chi connectivity index (χ1v) is 23.8. The molecule has 4 fully saturated rings. The fourth-order valence-corrected chi connectivity index (χ4v) is 10.8. The number of fused-ring (bicyclic) bond motifs is 1. The van der Waals surface area contributed by atoms with E-state index in [4.69, 9.17) is 44.8 Å². The molecule has 16 nitrogen and oxygen atoms in total. The summed E-state index contributed by atoms with van der Waals surface area (Å²) in [6.45, 7) is 20.8. The van der Waals surface area contributed by atoms with E-state index in [0.717, 1.165) is 10.5 Å². The maximum Gasteiger partial charge on any atom is 0.419 e. The minimum absolute atomic E-state index is 0.0163. The average molecular weight is 937 g/mol. The second-order valence-corrected chi connectivity index (χ2v) is 20.1. The molecule has 0 aliphatic carbocycles. The molecular weight excluding hydrogens is 862 g/mol. The summed E-state index contributed by atoms with van der Waals surface area (Å²) >= 11 is 6.16. The highest BCUT2D eigenvalue weighted by molar-refractivity contribution is 6.30. The smallest absolute Gasteiger partial charge is 0.419 e. The number of halogens is 1. The zero-order chi connectivity index (χ0) is 48.3. The summed E-state index contributed by atoms with van der Waals surface area (Å²) in [6.07, 6.45) is -7.04. The quantitative estimate of drug-likeness (QED) is 0.163. The predicted molar refractivity (Wildman–Crippen MR) is 241 cm³/mol. The molecule has 5 rings (SSSR count). The lowest BCUT2D eigenvalue weighted by molar-refractivity contribution is -0.301. The van der Waals surface area contributed by atoms with Gasteiger partial charge in [-0.05, 0) is 97.0 Å². The van der Waals surface area contributed by atoms with E-state index in [0.29, 0.717) is 30.8 Å². The largest absolute Gasteiger partial charge is 0.458 e. The highest BCUT2D eigenvalue weighted by atomic mass is 35.5. The van der Waals surface area contributed by atoms with Crippen LogP contribution in [0.2, 0.25) is 5.02 Å². The van der Waals surface area contributed by atoms with Crippen LogP contribution in [0.1, 0.15) is 107 Å². The maximum absolute atomic E-state index is 15.0. The van der Waals surface area contributed by atoms with Gasteiger partial charge in [-0.2, -0.15) is 0 Å². The van der Waals surface area contributed by atoms with Crippen molar-refractivity contribution in [1.82, 2.24) is 14.7 Å². The number of hydrogen-bond donors (Lipinski definition) is 1. The molecule has 17 heteroatoms. The Morgan fingerprint density at radius 2 is 1.68 bits per heavy atom. The summed E-state index contributed by atoms with van der Waals surface area (Å²) in [7, 11) is 3.40. The number of benzene rings is 1. The molecule has 3 amide bonds. The molecule has 65 heavy (non-hydrogen) atoms. The Labute approximate surface area is 390 Å². The molecule has 15 atom stereocenters. The van der Waals surface area contributed by atoms with Gasteiger partial charge >= 0.3 is 24.2 Å². The van der Waals surface area contributed by atoms with Crippen LogP contribution in [0.15, 0.2) is 24.3 Å². The van der Waals surface area contributed by atoms with Crippen molar-refractivity contribution in [3.63, 3.8) is 0 Å². The van der Waals surface area contributed by atoms with Crippen LogP contribution in [0.3, 0.4) is 0 Å². The number of aliphatic hydroxyl groups excluding tert-OH is 1. The van der Waals surface area contributed by atoms with Crippen LogP contribution in [-0.4, -0.2) is 150 Å². The number of carbonyl (C=O) groups excluding carboxylic acids is 5. The van der Waals surface area contributed by atoms with Crippen LogP contribution in [0.5, 0.6) is 0 Å². The van der Waals surface area contributed by atoms with Gasteiger partial charge < -0.3 is 43.2 Å². The molecule has 0 spiro atoms. The van der Waals surface area contributed by atoms with Gasteiger partial charge in [0.2, 0.25) is 0 Å². The van der Waals surface area contributed by atoms with E-state index in [1.54, 1.807) is 65.5 Å². The average Bonchev–Trinajstić information content (AvgIpc) is 3.75. The van der Waals surface area contributed by atoms with E-state index in [-0.39, 0.29) is 49.8 Å². The molecule has 0 aromatic heterocycles. The van der Waals surface area contributed by atoms with Crippen molar-refractivity contribution in [3.05, 3.63) is 34.9 Å². The first-order chi connectivity index (χ1) is 30.5. The summed E-state index contributed by atoms with van der Waals surface area (Å²) in [6, 6.07) is 5.46. The van der Waals surface area contributed by atoms with Gasteiger partial charge in [0.1, 0.15) is 30.7 Å². The van der Waals surface area contributed by atoms with Crippen molar-refractivity contribution in [1.29, 1.82) is 0 Å². The second kappa shape index (κ2) is 21.6. The lowest BCUT2D eigenvalue weighted by Crippen LogP contribution is -2.61. The molecule has 4 saturated heterocycles. The van der Waals surface area contributed by atoms with Crippen LogP contribution in [0.4, 0.5) is 14.4 Å². The molecule has 0 bridgehead atoms. The molecule has 0 saturated carbocycles. The molecular formula is C48H74ClN3O13. The molecule has 1 N–H and O–H groups in total. The van der Waals surface area contributed by atoms with E-state index < -0.39 is 102 Å². The third kappa shape index (κ3) is 11.3. The molecule has 4 aliphatic rings. The summed E-state index contributed by atoms with van der Waals surface area (Å²) in [5.41, 5.74) is -1.95. The Bertz CT molecular complexity index is 1840. The molecule has 1 aromatic carbocycles. The van der Waals surface area contributed by atoms with E-state index in [1.807, 2.05) is 51.8 Å². The number of nitrogens with zero attached hydrogens (tertiary/aromatic N) is 3. The summed E-state index contributed by atoms with van der Waals surface area (Å²) < 4.78 is 43.9. The molecule has 366 valence electrons. The standard InChI is InChI=1S/C48H74ClN3O13/c1-14-36-48(11)40(51(44(56)65-48)21-20-32-16-18-33(49)19-17-32)29(7)37(53)27(5)24-47(10,59-13)41(64-43-38(54)35(50(12)15-2)23-28(6)61-43)30(8)39(31(9)42(55)62-36)63-46(58)52-34(22-26(3)4)25-60-45(52)57/h16-19,26-31,34-36,38-41,43,54H,14-15,20-25H2,1-13H3/t27-,28-,29-,30+,31-,34-,35+,36-,38-,39+,40-,41-,43+,47+,48-/m1/s1. The molecule has 4 heterocycles. The third-order valence-corrected chi connectivity index (χ3v) is 14.7. The van der Waals surface area contributed by atoms with Gasteiger partial charge in [-0.25, -0.2) is 19.3 Å². The Balaban J connectivity index is 1.63. The monoisotopic (exact) mass is 935 g/mol. The van der Waals surface area contributed by atoms with E-state index in [2.05, 4.69) is 0 Å². The predicted octanol–water partition coefficient (Wildman–Crippen LogP) is 7.28. The lowest BCUT2D eigenvalue weighted by Gasteiger charge is -2.48. The number of aliphatic hydroxyl groups is 1. The van der Waals surface area contributed by atoms with Crippen molar-refractivity contribution in [2.75, 3.05) is 33.9 Å². The van der Waals surface area contributed by atoms with Crippen LogP contribution in [0.25, 0.3) is 0 Å². The van der Waals surface area contributed by atoms with Crippen LogP contribution in [-0.2, 0) is 49.2 Å². The van der Waals surface area contributed by atoms with Gasteiger partial charge in [0.15, 0.2) is 11.9 Å². The number of ether oxygens (including phenoxy) is 7. The first-order valence-electron chi connectivity index (χ1n) is 23.4. The van der Waals surface area contributed by atoms with Gasteiger partial charge in [0.25, 0.3) is 0 Å². The van der Waals surface area contributed by atoms with Gasteiger partial charge in [0, 0.05) is 42.5 Å². The summed E-state index contributed by atoms with van der Waals surface area (Å²) in [5.74, 6) is -4.57. The third-order valence-electron chi connectivity index (χ3n) is 14.4. The van der Waals surface area contributed by atoms with Gasteiger partial charge in [-0.15, -0.1) is 0 Å². The number of methoxy groups -OCH3 is 1. The number of imide groups is 1. The van der Waals surface area contributed by atoms with Crippen molar-refractivity contribution in [2.24, 2.45) is 29.6 Å². The number of esters is 1. The molecule has 0 unspecified atom stereocenters. The van der Waals surface area contributed by atoms with Gasteiger partial charge in [-0.3, -0.25) is 14.5 Å². The second-order valence-electron chi connectivity index (χ2n) is 19.7. The van der Waals surface area contributed by atoms with Crippen molar-refractivity contribution in [2.45, 2.75) is 174 Å². The molecule has 1 aromatic rings. The number of carbonyl (C=O) groups is 5. The number of ketones is 1. The van der Waals surface area contributed by atoms with E-state index in [9.17, 15) is 29.1 Å². The first kappa shape index (κ1) is 52.4. The van der Waals surface area contributed by atoms with Crippen molar-refractivity contribution < 1.29 is 62.2 Å². The lowest BCUT2D eigenvalue weighted by atomic mass is 9.73. The van der Waals surface area contributed by atoms with Crippen molar-refractivity contribution in [3.8, 4) is 0 Å². The maximum atomic E-state index is 15.0. The van der Waals surface area contributed by atoms with Gasteiger partial charge in [-0.1, -0.05) is 72.2 Å². The minimum Gasteiger partial charge on any atom is -0.458 e. The highest BCUT2D eigenvalue weighted by Gasteiger charge is 2.61. The van der Waals surface area contributed by atoms with Crippen LogP contribution < -0.4 is 0 Å². The SMILES string of the molecule is CC[C@H]1OC(=O)[C@H](C)[C@@H](OC(=O)N2C(=O)OC[C@H]2CC(C)C)[C@H](C)[C@@H](O[C@@H]2O[C@H](C)C[C@H](N(C)CC)[C@H]2O)[C@@](C)(OC)C[C@@H](C)C(=O)[C@@H](C)[C@H]2N(CCc3ccc(Cl)cc3)C(=O)O[C@]12C. The number of Topliss-reactive ketones (excluding diaryl/α,β-unsaturated/α-hetero) is 1. The summed E-state index contributed by atoms with van der Waals surface area (Å²) in [4.78, 5) is 75.9. The molecule has 4 aliphatic heterocycles. The van der Waals surface area contributed by atoms with Gasteiger partial charge in [0.05, 0.1) is 35.8 Å². The zero-order valence-electron chi connectivity index (χ0n) is 40.6. The normalized spacial score (nSPS) is 37.5. The number of amides is 3. The number of hydrogen-bond acceptors (Lipinski definition) is 14. The van der Waals surface area contributed by atoms with Crippen LogP contribution in [0, 0.1) is 29.6 Å². The Morgan fingerprint density at radius 3 is 2.28 bits per heavy atom. The number of likely N-dealkylation sites (N-methyl/N-ethyl adjacent to an activating group) is 1. The number of rotatable bonds is 12. The number of cyclic esters (lactones) is 2. The minimum atomic E-state index is -1.50. The van der Waals surface area contributed by atoms with Crippen molar-refractivity contribution >= 4 is 41.6 Å². The Kier molecular flexibility index (Phi) is 17.4. The Hall–Kier alpha value is -3.54. The summed E-state index contributed by atoms with van der Waals surface area (Å²) in [5, 5.41) is 12.5. The van der Waals surface area contributed by atoms with E-state index in [1.165, 1.54) is 7.11 Å². The fourth-order valence-electron chi connectivity index (χ4n) is 10.7. The van der Waals surface area contributed by atoms with Crippen LogP contribution >= 0.6 is 11.6 Å². The van der Waals surface area contributed by atoms with E-state index >= 15 is 0 Å². The highest BCUT2D eigenvalue weighted by Crippen LogP contribution is 2.44. The zero-order valence-corrected chi connectivity index (χ0v) is 41.4. The molecule has 0 radical (unpaired) electrons. The topological polar surface area (TPSA) is 180 Å². The Morgan fingerprint density at radius 1 is 1.02 bits per heavy atom. The fraction of sp³-hybridized carbons (Fsp3) is 0.771.